The molecule has 0 saturated heterocycles. The van der Waals surface area contributed by atoms with Gasteiger partial charge in [-0.05, 0) is 12.1 Å². The molecule has 1 atom stereocenters. The van der Waals surface area contributed by atoms with Gasteiger partial charge in [0.25, 0.3) is 5.88 Å². The van der Waals surface area contributed by atoms with E-state index in [1.165, 1.54) is 0 Å². The van der Waals surface area contributed by atoms with Crippen molar-refractivity contribution in [3.05, 3.63) is 30.3 Å². The van der Waals surface area contributed by atoms with Crippen LogP contribution >= 0.6 is 0 Å². The van der Waals surface area contributed by atoms with Crippen LogP contribution in [0, 0.1) is 0 Å². The van der Waals surface area contributed by atoms with E-state index in [4.69, 9.17) is 8.37 Å². The highest BCUT2D eigenvalue weighted by atomic mass is 32.2. The van der Waals surface area contributed by atoms with E-state index in [9.17, 15) is 4.21 Å². The van der Waals surface area contributed by atoms with E-state index in [0.717, 1.165) is 10.9 Å². The quantitative estimate of drug-likeness (QED) is 0.658. The Kier molecular flexibility index (Phi) is 1.49. The highest BCUT2D eigenvalue weighted by Gasteiger charge is 2.23. The Hall–Kier alpha value is -1.62. The lowest BCUT2D eigenvalue weighted by Crippen LogP contribution is -1.97. The Morgan fingerprint density at radius 3 is 3.00 bits per heavy atom. The number of para-hydroxylation sites is 1. The molecule has 1 aromatic heterocycles. The summed E-state index contributed by atoms with van der Waals surface area (Å²) < 4.78 is 20.7. The predicted octanol–water partition coefficient (Wildman–Crippen LogP) is 1.58. The largest absolute Gasteiger partial charge is 0.419 e. The van der Waals surface area contributed by atoms with E-state index in [-0.39, 0.29) is 0 Å². The molecular weight excluding hydrogens is 202 g/mol. The number of fused-ring (bicyclic) bond motifs is 2. The summed E-state index contributed by atoms with van der Waals surface area (Å²) in [6, 6.07) is 9.33. The topological polar surface area (TPSA) is 48.4 Å². The van der Waals surface area contributed by atoms with Crippen LogP contribution in [-0.2, 0) is 11.4 Å². The SMILES string of the molecule is O=S1Oc2cc3ccccc3nc2O1. The minimum Gasteiger partial charge on any atom is -0.365 e. The third kappa shape index (κ3) is 1.06. The molecule has 0 spiro atoms. The number of rotatable bonds is 0. The molecule has 2 heterocycles. The molecule has 0 radical (unpaired) electrons. The second kappa shape index (κ2) is 2.68. The normalized spacial score (nSPS) is 18.7. The summed E-state index contributed by atoms with van der Waals surface area (Å²) in [5.41, 5.74) is 0.800. The highest BCUT2D eigenvalue weighted by Crippen LogP contribution is 2.34. The van der Waals surface area contributed by atoms with Gasteiger partial charge in [-0.3, -0.25) is 0 Å². The van der Waals surface area contributed by atoms with Crippen molar-refractivity contribution < 1.29 is 12.6 Å². The molecule has 0 fully saturated rings. The van der Waals surface area contributed by atoms with Crippen molar-refractivity contribution in [1.29, 1.82) is 0 Å². The maximum absolute atomic E-state index is 10.9. The first kappa shape index (κ1) is 7.75. The maximum Gasteiger partial charge on any atom is 0.419 e. The lowest BCUT2D eigenvalue weighted by Gasteiger charge is -1.96. The van der Waals surface area contributed by atoms with Crippen molar-refractivity contribution in [2.24, 2.45) is 0 Å². The molecule has 0 amide bonds. The van der Waals surface area contributed by atoms with E-state index in [1.807, 2.05) is 24.3 Å². The summed E-state index contributed by atoms with van der Waals surface area (Å²) >= 11 is -1.73. The van der Waals surface area contributed by atoms with Crippen molar-refractivity contribution in [3.63, 3.8) is 0 Å². The van der Waals surface area contributed by atoms with Crippen LogP contribution in [0.1, 0.15) is 0 Å². The van der Waals surface area contributed by atoms with Crippen molar-refractivity contribution in [1.82, 2.24) is 4.98 Å². The summed E-state index contributed by atoms with van der Waals surface area (Å²) in [6.45, 7) is 0. The zero-order chi connectivity index (χ0) is 9.54. The Bertz CT molecular complexity index is 494. The van der Waals surface area contributed by atoms with Gasteiger partial charge in [-0.25, -0.2) is 4.98 Å². The highest BCUT2D eigenvalue weighted by molar-refractivity contribution is 7.76. The molecule has 0 saturated carbocycles. The van der Waals surface area contributed by atoms with Crippen LogP contribution in [-0.4, -0.2) is 9.19 Å². The van der Waals surface area contributed by atoms with E-state index in [2.05, 4.69) is 4.98 Å². The van der Waals surface area contributed by atoms with Crippen LogP contribution < -0.4 is 8.37 Å². The lowest BCUT2D eigenvalue weighted by molar-refractivity contribution is 0.516. The number of nitrogens with zero attached hydrogens (tertiary/aromatic N) is 1. The molecule has 14 heavy (non-hydrogen) atoms. The summed E-state index contributed by atoms with van der Waals surface area (Å²) in [6.07, 6.45) is 0. The van der Waals surface area contributed by atoms with Crippen LogP contribution in [0.2, 0.25) is 0 Å². The molecule has 1 aromatic carbocycles. The molecule has 2 aromatic rings. The van der Waals surface area contributed by atoms with Crippen LogP contribution in [0.15, 0.2) is 30.3 Å². The Labute approximate surface area is 82.3 Å². The average Bonchev–Trinajstić information content (AvgIpc) is 2.53. The van der Waals surface area contributed by atoms with E-state index in [0.29, 0.717) is 11.6 Å². The van der Waals surface area contributed by atoms with Gasteiger partial charge in [0.2, 0.25) is 5.75 Å². The molecule has 1 unspecified atom stereocenters. The van der Waals surface area contributed by atoms with E-state index >= 15 is 0 Å². The fourth-order valence-corrected chi connectivity index (χ4v) is 1.90. The Balaban J connectivity index is 2.31. The molecule has 5 heteroatoms. The maximum atomic E-state index is 10.9. The van der Waals surface area contributed by atoms with Crippen LogP contribution in [0.3, 0.4) is 0 Å². The number of benzene rings is 1. The minimum atomic E-state index is -1.73. The van der Waals surface area contributed by atoms with E-state index < -0.39 is 11.4 Å². The van der Waals surface area contributed by atoms with Crippen LogP contribution in [0.4, 0.5) is 0 Å². The monoisotopic (exact) mass is 207 g/mol. The van der Waals surface area contributed by atoms with Crippen molar-refractivity contribution in [2.75, 3.05) is 0 Å². The number of hydrogen-bond acceptors (Lipinski definition) is 4. The van der Waals surface area contributed by atoms with Gasteiger partial charge in [-0.2, -0.15) is 4.21 Å². The zero-order valence-electron chi connectivity index (χ0n) is 6.97. The van der Waals surface area contributed by atoms with Gasteiger partial charge < -0.3 is 8.37 Å². The van der Waals surface area contributed by atoms with Gasteiger partial charge in [0.1, 0.15) is 0 Å². The van der Waals surface area contributed by atoms with Crippen molar-refractivity contribution in [3.8, 4) is 11.6 Å². The molecule has 1 aliphatic heterocycles. The molecule has 0 bridgehead atoms. The number of aromatic nitrogens is 1. The smallest absolute Gasteiger partial charge is 0.365 e. The average molecular weight is 207 g/mol. The fourth-order valence-electron chi connectivity index (χ4n) is 1.35. The van der Waals surface area contributed by atoms with Crippen LogP contribution in [0.25, 0.3) is 10.9 Å². The minimum absolute atomic E-state index is 0.294. The van der Waals surface area contributed by atoms with Crippen molar-refractivity contribution >= 4 is 22.3 Å². The molecule has 4 nitrogen and oxygen atoms in total. The summed E-state index contributed by atoms with van der Waals surface area (Å²) in [7, 11) is 0. The second-order valence-electron chi connectivity index (χ2n) is 2.86. The van der Waals surface area contributed by atoms with Gasteiger partial charge in [0.05, 0.1) is 5.52 Å². The Morgan fingerprint density at radius 1 is 1.21 bits per heavy atom. The van der Waals surface area contributed by atoms with Gasteiger partial charge >= 0.3 is 11.4 Å². The van der Waals surface area contributed by atoms with Crippen LogP contribution in [0.5, 0.6) is 11.6 Å². The standard InChI is InChI=1S/C9H5NO3S/c11-14-12-8-5-6-3-1-2-4-7(6)10-9(8)13-14/h1-5H. The zero-order valence-corrected chi connectivity index (χ0v) is 7.78. The third-order valence-electron chi connectivity index (χ3n) is 1.96. The first-order chi connectivity index (χ1) is 6.83. The second-order valence-corrected chi connectivity index (χ2v) is 3.60. The van der Waals surface area contributed by atoms with Gasteiger partial charge in [0.15, 0.2) is 0 Å². The fraction of sp³-hybridized carbons (Fsp3) is 0. The van der Waals surface area contributed by atoms with Gasteiger partial charge in [0, 0.05) is 5.39 Å². The molecular formula is C9H5NO3S. The summed E-state index contributed by atoms with van der Waals surface area (Å²) in [5.74, 6) is 0.726. The first-order valence-electron chi connectivity index (χ1n) is 4.01. The molecule has 3 rings (SSSR count). The molecule has 70 valence electrons. The van der Waals surface area contributed by atoms with Crippen molar-refractivity contribution in [2.45, 2.75) is 0 Å². The molecule has 0 N–H and O–H groups in total. The summed E-state index contributed by atoms with van der Waals surface area (Å²) in [4.78, 5) is 4.17. The lowest BCUT2D eigenvalue weighted by atomic mass is 10.2. The number of pyridine rings is 1. The number of hydrogen-bond donors (Lipinski definition) is 0. The Morgan fingerprint density at radius 2 is 2.07 bits per heavy atom. The summed E-state index contributed by atoms with van der Waals surface area (Å²) in [5, 5.41) is 0.939. The van der Waals surface area contributed by atoms with E-state index in [1.54, 1.807) is 6.07 Å². The third-order valence-corrected chi connectivity index (χ3v) is 2.57. The molecule has 1 aliphatic rings. The predicted molar refractivity (Wildman–Crippen MR) is 51.1 cm³/mol. The first-order valence-corrected chi connectivity index (χ1v) is 5.01. The molecule has 0 aliphatic carbocycles. The van der Waals surface area contributed by atoms with Gasteiger partial charge in [-0.15, -0.1) is 0 Å². The van der Waals surface area contributed by atoms with Gasteiger partial charge in [-0.1, -0.05) is 18.2 Å².